The van der Waals surface area contributed by atoms with Gasteiger partial charge in [-0.05, 0) is 25.2 Å². The highest BCUT2D eigenvalue weighted by Gasteiger charge is 2.22. The molecular weight excluding hydrogens is 260 g/mol. The van der Waals surface area contributed by atoms with E-state index in [1.54, 1.807) is 0 Å². The van der Waals surface area contributed by atoms with E-state index in [0.29, 0.717) is 6.04 Å². The van der Waals surface area contributed by atoms with Crippen LogP contribution in [-0.2, 0) is 4.74 Å². The summed E-state index contributed by atoms with van der Waals surface area (Å²) in [7, 11) is 0. The Kier molecular flexibility index (Phi) is 8.05. The van der Waals surface area contributed by atoms with Crippen LogP contribution in [0.5, 0.6) is 0 Å². The smallest absolute Gasteiger partial charge is 0.0594 e. The first-order valence-corrected chi connectivity index (χ1v) is 9.31. The third-order valence-corrected chi connectivity index (χ3v) is 5.05. The third-order valence-electron chi connectivity index (χ3n) is 5.05. The Morgan fingerprint density at radius 3 is 2.24 bits per heavy atom. The maximum atomic E-state index is 5.52. The number of rotatable bonds is 6. The molecule has 1 aliphatic carbocycles. The van der Waals surface area contributed by atoms with Gasteiger partial charge < -0.3 is 10.1 Å². The van der Waals surface area contributed by atoms with E-state index in [9.17, 15) is 0 Å². The van der Waals surface area contributed by atoms with Gasteiger partial charge in [0.25, 0.3) is 0 Å². The van der Waals surface area contributed by atoms with Crippen LogP contribution in [0.4, 0.5) is 0 Å². The highest BCUT2D eigenvalue weighted by atomic mass is 16.5. The molecule has 21 heavy (non-hydrogen) atoms. The van der Waals surface area contributed by atoms with Gasteiger partial charge in [-0.25, -0.2) is 0 Å². The predicted molar refractivity (Wildman–Crippen MR) is 89.7 cm³/mol. The van der Waals surface area contributed by atoms with Crippen LogP contribution in [0, 0.1) is 5.92 Å². The van der Waals surface area contributed by atoms with Crippen LogP contribution in [-0.4, -0.2) is 49.8 Å². The molecule has 1 saturated carbocycles. The molecule has 0 aromatic heterocycles. The van der Waals surface area contributed by atoms with Crippen molar-refractivity contribution in [1.29, 1.82) is 0 Å². The van der Waals surface area contributed by atoms with Gasteiger partial charge in [0.1, 0.15) is 0 Å². The lowest BCUT2D eigenvalue weighted by molar-refractivity contribution is 0.0116. The topological polar surface area (TPSA) is 24.5 Å². The van der Waals surface area contributed by atoms with E-state index < -0.39 is 0 Å². The molecule has 1 N–H and O–H groups in total. The molecule has 1 heterocycles. The predicted octanol–water partition coefficient (Wildman–Crippen LogP) is 3.44. The quantitative estimate of drug-likeness (QED) is 0.812. The molecule has 3 nitrogen and oxygen atoms in total. The maximum Gasteiger partial charge on any atom is 0.0594 e. The van der Waals surface area contributed by atoms with E-state index in [1.807, 2.05) is 0 Å². The van der Waals surface area contributed by atoms with Crippen LogP contribution in [0.25, 0.3) is 0 Å². The lowest BCUT2D eigenvalue weighted by Gasteiger charge is -2.36. The fraction of sp³-hybridized carbons (Fsp3) is 1.00. The molecule has 0 bridgehead atoms. The molecule has 0 radical (unpaired) electrons. The van der Waals surface area contributed by atoms with Crippen LogP contribution in [0.2, 0.25) is 0 Å². The Morgan fingerprint density at radius 1 is 1.00 bits per heavy atom. The second-order valence-corrected chi connectivity index (χ2v) is 7.38. The molecule has 1 aliphatic heterocycles. The van der Waals surface area contributed by atoms with Crippen molar-refractivity contribution in [3.63, 3.8) is 0 Å². The molecule has 1 saturated heterocycles. The molecule has 0 amide bonds. The van der Waals surface area contributed by atoms with Gasteiger partial charge >= 0.3 is 0 Å². The number of ether oxygens (including phenoxy) is 1. The van der Waals surface area contributed by atoms with E-state index in [0.717, 1.165) is 38.3 Å². The van der Waals surface area contributed by atoms with E-state index in [1.165, 1.54) is 57.9 Å². The molecular formula is C18H36N2O. The lowest BCUT2D eigenvalue weighted by Crippen LogP contribution is -2.50. The van der Waals surface area contributed by atoms with Gasteiger partial charge in [0, 0.05) is 31.7 Å². The van der Waals surface area contributed by atoms with E-state index in [4.69, 9.17) is 4.74 Å². The van der Waals surface area contributed by atoms with Crippen LogP contribution < -0.4 is 5.32 Å². The zero-order chi connectivity index (χ0) is 14.9. The van der Waals surface area contributed by atoms with Gasteiger partial charge in [-0.2, -0.15) is 0 Å². The van der Waals surface area contributed by atoms with Crippen molar-refractivity contribution >= 4 is 0 Å². The summed E-state index contributed by atoms with van der Waals surface area (Å²) < 4.78 is 5.52. The van der Waals surface area contributed by atoms with Gasteiger partial charge in [-0.3, -0.25) is 4.90 Å². The number of morpholine rings is 1. The van der Waals surface area contributed by atoms with Crippen molar-refractivity contribution in [2.45, 2.75) is 77.3 Å². The summed E-state index contributed by atoms with van der Waals surface area (Å²) in [5.74, 6) is 0.775. The van der Waals surface area contributed by atoms with Crippen LogP contribution in [0.1, 0.15) is 65.2 Å². The molecule has 0 spiro atoms. The van der Waals surface area contributed by atoms with Crippen LogP contribution in [0.15, 0.2) is 0 Å². The van der Waals surface area contributed by atoms with Crippen LogP contribution in [0.3, 0.4) is 0 Å². The highest BCUT2D eigenvalue weighted by molar-refractivity contribution is 4.80. The van der Waals surface area contributed by atoms with Crippen molar-refractivity contribution in [3.05, 3.63) is 0 Å². The normalized spacial score (nSPS) is 24.7. The van der Waals surface area contributed by atoms with Gasteiger partial charge in [-0.1, -0.05) is 46.0 Å². The number of hydrogen-bond donors (Lipinski definition) is 1. The minimum absolute atomic E-state index is 0.694. The number of nitrogens with zero attached hydrogens (tertiary/aromatic N) is 1. The Balaban J connectivity index is 1.79. The molecule has 0 aromatic carbocycles. The van der Waals surface area contributed by atoms with Gasteiger partial charge in [0.2, 0.25) is 0 Å². The Hall–Kier alpha value is -0.120. The first-order chi connectivity index (χ1) is 10.3. The average molecular weight is 296 g/mol. The zero-order valence-electron chi connectivity index (χ0n) is 14.3. The van der Waals surface area contributed by atoms with Crippen LogP contribution >= 0.6 is 0 Å². The number of hydrogen-bond acceptors (Lipinski definition) is 3. The van der Waals surface area contributed by atoms with Crippen molar-refractivity contribution in [3.8, 4) is 0 Å². The second-order valence-electron chi connectivity index (χ2n) is 7.38. The summed E-state index contributed by atoms with van der Waals surface area (Å²) in [5.41, 5.74) is 0. The number of nitrogens with one attached hydrogen (secondary N) is 1. The Labute approximate surface area is 131 Å². The molecule has 2 fully saturated rings. The Morgan fingerprint density at radius 2 is 1.62 bits per heavy atom. The summed E-state index contributed by atoms with van der Waals surface area (Å²) in [6.45, 7) is 9.93. The molecule has 2 rings (SSSR count). The molecule has 124 valence electrons. The Bertz CT molecular complexity index is 256. The van der Waals surface area contributed by atoms with Crippen molar-refractivity contribution in [1.82, 2.24) is 10.2 Å². The summed E-state index contributed by atoms with van der Waals surface area (Å²) in [6.07, 6.45) is 11.3. The highest BCUT2D eigenvalue weighted by Crippen LogP contribution is 2.18. The fourth-order valence-corrected chi connectivity index (χ4v) is 3.81. The molecule has 0 aromatic rings. The van der Waals surface area contributed by atoms with Crippen molar-refractivity contribution in [2.75, 3.05) is 32.8 Å². The average Bonchev–Trinajstić information content (AvgIpc) is 2.45. The minimum Gasteiger partial charge on any atom is -0.379 e. The van der Waals surface area contributed by atoms with Crippen molar-refractivity contribution < 1.29 is 4.74 Å². The summed E-state index contributed by atoms with van der Waals surface area (Å²) in [6, 6.07) is 1.46. The lowest BCUT2D eigenvalue weighted by atomic mass is 9.96. The molecule has 3 heteroatoms. The monoisotopic (exact) mass is 296 g/mol. The molecule has 1 unspecified atom stereocenters. The first kappa shape index (κ1) is 17.2. The minimum atomic E-state index is 0.694. The zero-order valence-corrected chi connectivity index (χ0v) is 14.3. The summed E-state index contributed by atoms with van der Waals surface area (Å²) in [5, 5.41) is 3.91. The SMILES string of the molecule is CC(C)CC(CNC1CCCCCCC1)N1CCOCC1. The largest absolute Gasteiger partial charge is 0.379 e. The first-order valence-electron chi connectivity index (χ1n) is 9.31. The van der Waals surface area contributed by atoms with E-state index in [-0.39, 0.29) is 0 Å². The van der Waals surface area contributed by atoms with Gasteiger partial charge in [-0.15, -0.1) is 0 Å². The maximum absolute atomic E-state index is 5.52. The standard InChI is InChI=1S/C18H36N2O/c1-16(2)14-18(20-10-12-21-13-11-20)15-19-17-8-6-4-3-5-7-9-17/h16-19H,3-15H2,1-2H3. The third kappa shape index (κ3) is 6.66. The van der Waals surface area contributed by atoms with E-state index >= 15 is 0 Å². The van der Waals surface area contributed by atoms with E-state index in [2.05, 4.69) is 24.1 Å². The van der Waals surface area contributed by atoms with Gasteiger partial charge in [0.15, 0.2) is 0 Å². The summed E-state index contributed by atoms with van der Waals surface area (Å²) in [4.78, 5) is 2.65. The fourth-order valence-electron chi connectivity index (χ4n) is 3.81. The summed E-state index contributed by atoms with van der Waals surface area (Å²) >= 11 is 0. The molecule has 2 aliphatic rings. The van der Waals surface area contributed by atoms with Crippen molar-refractivity contribution in [2.24, 2.45) is 5.92 Å². The molecule has 1 atom stereocenters. The van der Waals surface area contributed by atoms with Gasteiger partial charge in [0.05, 0.1) is 13.2 Å². The second kappa shape index (κ2) is 9.81.